The van der Waals surface area contributed by atoms with E-state index >= 15 is 0 Å². The molecule has 0 aromatic heterocycles. The van der Waals surface area contributed by atoms with E-state index in [1.807, 2.05) is 6.92 Å². The van der Waals surface area contributed by atoms with Crippen LogP contribution in [0.25, 0.3) is 0 Å². The van der Waals surface area contributed by atoms with Gasteiger partial charge in [-0.3, -0.25) is 19.8 Å². The number of nitro groups is 1. The smallest absolute Gasteiger partial charge is 0.356 e. The number of benzene rings is 1. The van der Waals surface area contributed by atoms with Crippen molar-refractivity contribution in [2.45, 2.75) is 38.2 Å². The highest BCUT2D eigenvalue weighted by molar-refractivity contribution is 8.04. The first-order valence-corrected chi connectivity index (χ1v) is 8.51. The maximum atomic E-state index is 12.4. The lowest BCUT2D eigenvalue weighted by Gasteiger charge is -2.34. The standard InChI is InChI=1S/C16H16N2O5S/c1-2-3-12-15(17-13(19)8-14(17)24-12)16(20)23-9-10-4-6-11(7-5-10)18(21)22/h4-7,14H,2-3,8-9H2,1H3. The predicted molar refractivity (Wildman–Crippen MR) is 87.7 cm³/mol. The van der Waals surface area contributed by atoms with Crippen LogP contribution in [0.2, 0.25) is 0 Å². The Kier molecular flexibility index (Phi) is 4.57. The van der Waals surface area contributed by atoms with Crippen molar-refractivity contribution in [2.24, 2.45) is 0 Å². The Morgan fingerprint density at radius 2 is 2.12 bits per heavy atom. The molecule has 8 heteroatoms. The van der Waals surface area contributed by atoms with Gasteiger partial charge in [-0.1, -0.05) is 13.3 Å². The first kappa shape index (κ1) is 16.5. The molecule has 0 radical (unpaired) electrons. The second-order valence-electron chi connectivity index (χ2n) is 5.56. The maximum Gasteiger partial charge on any atom is 0.356 e. The second kappa shape index (κ2) is 6.64. The molecule has 2 aliphatic heterocycles. The van der Waals surface area contributed by atoms with Gasteiger partial charge in [0, 0.05) is 17.0 Å². The lowest BCUT2D eigenvalue weighted by molar-refractivity contribution is -0.384. The first-order chi connectivity index (χ1) is 11.5. The topological polar surface area (TPSA) is 89.8 Å². The van der Waals surface area contributed by atoms with E-state index in [0.29, 0.717) is 17.7 Å². The lowest BCUT2D eigenvalue weighted by Crippen LogP contribution is -2.48. The molecule has 1 aromatic carbocycles. The number of hydrogen-bond donors (Lipinski definition) is 0. The number of rotatable bonds is 6. The van der Waals surface area contributed by atoms with E-state index in [-0.39, 0.29) is 23.6 Å². The molecule has 1 atom stereocenters. The number of non-ortho nitro benzene ring substituents is 1. The zero-order valence-electron chi connectivity index (χ0n) is 13.1. The Morgan fingerprint density at radius 1 is 1.42 bits per heavy atom. The van der Waals surface area contributed by atoms with E-state index in [4.69, 9.17) is 4.74 Å². The number of allylic oxidation sites excluding steroid dienone is 1. The minimum atomic E-state index is -0.514. The number of nitro benzene ring substituents is 1. The Bertz CT molecular complexity index is 728. The molecular weight excluding hydrogens is 332 g/mol. The number of nitrogens with zero attached hydrogens (tertiary/aromatic N) is 2. The summed E-state index contributed by atoms with van der Waals surface area (Å²) < 4.78 is 5.32. The van der Waals surface area contributed by atoms with Crippen LogP contribution in [0.15, 0.2) is 34.9 Å². The summed E-state index contributed by atoms with van der Waals surface area (Å²) in [7, 11) is 0. The lowest BCUT2D eigenvalue weighted by atomic mass is 10.1. The van der Waals surface area contributed by atoms with Crippen LogP contribution in [0, 0.1) is 10.1 Å². The van der Waals surface area contributed by atoms with E-state index < -0.39 is 10.9 Å². The van der Waals surface area contributed by atoms with Crippen molar-refractivity contribution in [3.05, 3.63) is 50.5 Å². The fourth-order valence-corrected chi connectivity index (χ4v) is 4.15. The highest BCUT2D eigenvalue weighted by Gasteiger charge is 2.48. The number of carbonyl (C=O) groups excluding carboxylic acids is 2. The molecule has 7 nitrogen and oxygen atoms in total. The number of carbonyl (C=O) groups is 2. The van der Waals surface area contributed by atoms with Crippen LogP contribution in [0.4, 0.5) is 5.69 Å². The summed E-state index contributed by atoms with van der Waals surface area (Å²) in [5.41, 5.74) is 1.01. The number of hydrogen-bond acceptors (Lipinski definition) is 6. The molecule has 0 saturated carbocycles. The predicted octanol–water partition coefficient (Wildman–Crippen LogP) is 2.95. The summed E-state index contributed by atoms with van der Waals surface area (Å²) in [6.45, 7) is 2.03. The van der Waals surface area contributed by atoms with Gasteiger partial charge in [-0.05, 0) is 24.1 Å². The average Bonchev–Trinajstić information content (AvgIpc) is 2.85. The van der Waals surface area contributed by atoms with Gasteiger partial charge >= 0.3 is 5.97 Å². The summed E-state index contributed by atoms with van der Waals surface area (Å²) in [4.78, 5) is 36.7. The van der Waals surface area contributed by atoms with Gasteiger partial charge in [-0.2, -0.15) is 0 Å². The molecule has 1 fully saturated rings. The third-order valence-corrected chi connectivity index (χ3v) is 5.21. The van der Waals surface area contributed by atoms with Crippen LogP contribution in [0.3, 0.4) is 0 Å². The summed E-state index contributed by atoms with van der Waals surface area (Å²) in [6, 6.07) is 5.83. The monoisotopic (exact) mass is 348 g/mol. The van der Waals surface area contributed by atoms with E-state index in [1.54, 1.807) is 23.9 Å². The summed E-state index contributed by atoms with van der Waals surface area (Å²) in [5.74, 6) is -0.569. The Balaban J connectivity index is 1.68. The van der Waals surface area contributed by atoms with Crippen molar-refractivity contribution in [3.8, 4) is 0 Å². The van der Waals surface area contributed by atoms with Crippen LogP contribution in [-0.4, -0.2) is 27.1 Å². The van der Waals surface area contributed by atoms with Gasteiger partial charge in [0.05, 0.1) is 16.7 Å². The third-order valence-electron chi connectivity index (χ3n) is 3.88. The van der Waals surface area contributed by atoms with E-state index in [1.165, 1.54) is 17.0 Å². The van der Waals surface area contributed by atoms with Crippen LogP contribution in [0.5, 0.6) is 0 Å². The SMILES string of the molecule is CCCC1=C(C(=O)OCc2ccc([N+](=O)[O-])cc2)N2C(=O)CC2S1. The van der Waals surface area contributed by atoms with E-state index in [2.05, 4.69) is 0 Å². The second-order valence-corrected chi connectivity index (χ2v) is 6.83. The number of amides is 1. The molecule has 1 saturated heterocycles. The zero-order valence-corrected chi connectivity index (χ0v) is 13.9. The normalized spacial score (nSPS) is 19.1. The van der Waals surface area contributed by atoms with Crippen LogP contribution in [-0.2, 0) is 20.9 Å². The molecule has 2 heterocycles. The van der Waals surface area contributed by atoms with Crippen molar-refractivity contribution < 1.29 is 19.2 Å². The van der Waals surface area contributed by atoms with Crippen LogP contribution in [0.1, 0.15) is 31.7 Å². The molecule has 1 unspecified atom stereocenters. The summed E-state index contributed by atoms with van der Waals surface area (Å²) >= 11 is 1.56. The number of ether oxygens (including phenoxy) is 1. The largest absolute Gasteiger partial charge is 0.456 e. The molecule has 1 amide bonds. The van der Waals surface area contributed by atoms with Gasteiger partial charge in [0.15, 0.2) is 0 Å². The fourth-order valence-electron chi connectivity index (χ4n) is 2.65. The van der Waals surface area contributed by atoms with Gasteiger partial charge in [0.1, 0.15) is 12.3 Å². The molecule has 126 valence electrons. The van der Waals surface area contributed by atoms with E-state index in [0.717, 1.165) is 17.7 Å². The zero-order chi connectivity index (χ0) is 17.3. The Hall–Kier alpha value is -2.35. The van der Waals surface area contributed by atoms with Gasteiger partial charge < -0.3 is 4.74 Å². The van der Waals surface area contributed by atoms with Gasteiger partial charge in [-0.15, -0.1) is 11.8 Å². The first-order valence-electron chi connectivity index (χ1n) is 7.63. The number of esters is 1. The quantitative estimate of drug-likeness (QED) is 0.340. The third kappa shape index (κ3) is 3.01. The van der Waals surface area contributed by atoms with Crippen molar-refractivity contribution in [1.29, 1.82) is 0 Å². The number of thioether (sulfide) groups is 1. The Labute approximate surface area is 142 Å². The molecule has 0 aliphatic carbocycles. The van der Waals surface area contributed by atoms with Gasteiger partial charge in [0.25, 0.3) is 5.69 Å². The number of β-lactam (4-membered cyclic amide) rings is 1. The van der Waals surface area contributed by atoms with Crippen molar-refractivity contribution in [3.63, 3.8) is 0 Å². The summed E-state index contributed by atoms with van der Waals surface area (Å²) in [6.07, 6.45) is 2.08. The van der Waals surface area contributed by atoms with Crippen LogP contribution >= 0.6 is 11.8 Å². The molecule has 3 rings (SSSR count). The minimum Gasteiger partial charge on any atom is -0.456 e. The van der Waals surface area contributed by atoms with Crippen molar-refractivity contribution in [2.75, 3.05) is 0 Å². The van der Waals surface area contributed by atoms with Crippen molar-refractivity contribution in [1.82, 2.24) is 4.90 Å². The Morgan fingerprint density at radius 3 is 2.71 bits per heavy atom. The number of fused-ring (bicyclic) bond motifs is 1. The van der Waals surface area contributed by atoms with Crippen LogP contribution < -0.4 is 0 Å². The highest BCUT2D eigenvalue weighted by Crippen LogP contribution is 2.47. The fraction of sp³-hybridized carbons (Fsp3) is 0.375. The molecular formula is C16H16N2O5S. The van der Waals surface area contributed by atoms with Gasteiger partial charge in [-0.25, -0.2) is 4.79 Å². The summed E-state index contributed by atoms with van der Waals surface area (Å²) in [5, 5.41) is 10.7. The van der Waals surface area contributed by atoms with Crippen molar-refractivity contribution >= 4 is 29.3 Å². The maximum absolute atomic E-state index is 12.4. The van der Waals surface area contributed by atoms with Gasteiger partial charge in [0.2, 0.25) is 5.91 Å². The molecule has 24 heavy (non-hydrogen) atoms. The molecule has 0 spiro atoms. The average molecular weight is 348 g/mol. The minimum absolute atomic E-state index is 0.0110. The molecule has 1 aromatic rings. The molecule has 0 N–H and O–H groups in total. The molecule has 0 bridgehead atoms. The highest BCUT2D eigenvalue weighted by atomic mass is 32.2. The molecule has 2 aliphatic rings. The van der Waals surface area contributed by atoms with E-state index in [9.17, 15) is 19.7 Å².